The predicted octanol–water partition coefficient (Wildman–Crippen LogP) is 1.81. The van der Waals surface area contributed by atoms with Gasteiger partial charge in [0.15, 0.2) is 0 Å². The fraction of sp³-hybridized carbons (Fsp3) is 0.632. The van der Waals surface area contributed by atoms with Gasteiger partial charge in [0.1, 0.15) is 17.8 Å². The molecule has 3 fully saturated rings. The van der Waals surface area contributed by atoms with Gasteiger partial charge in [-0.3, -0.25) is 4.79 Å². The molecule has 3 aliphatic rings. The number of nitrogens with one attached hydrogen (secondary N) is 1. The van der Waals surface area contributed by atoms with Crippen LogP contribution >= 0.6 is 0 Å². The number of hydrogen-bond acceptors (Lipinski definition) is 5. The maximum atomic E-state index is 13.1. The van der Waals surface area contributed by atoms with Crippen molar-refractivity contribution in [3.63, 3.8) is 0 Å². The number of aromatic nitrogens is 3. The van der Waals surface area contributed by atoms with Gasteiger partial charge in [0.25, 0.3) is 0 Å². The molecule has 0 bridgehead atoms. The highest BCUT2D eigenvalue weighted by Crippen LogP contribution is 2.48. The van der Waals surface area contributed by atoms with E-state index in [4.69, 9.17) is 4.74 Å². The third-order valence-corrected chi connectivity index (χ3v) is 6.16. The van der Waals surface area contributed by atoms with Crippen molar-refractivity contribution >= 4 is 22.8 Å². The number of hydrogen-bond donors (Lipinski definition) is 1. The van der Waals surface area contributed by atoms with Crippen molar-refractivity contribution < 1.29 is 9.53 Å². The zero-order valence-electron chi connectivity index (χ0n) is 15.0. The molecule has 2 aliphatic heterocycles. The highest BCUT2D eigenvalue weighted by atomic mass is 16.5. The molecular formula is C19H25N5O2. The summed E-state index contributed by atoms with van der Waals surface area (Å²) in [5, 5.41) is 1.06. The molecule has 1 spiro atoms. The summed E-state index contributed by atoms with van der Waals surface area (Å²) in [5.41, 5.74) is 1.12. The normalized spacial score (nSPS) is 23.4. The molecule has 26 heavy (non-hydrogen) atoms. The summed E-state index contributed by atoms with van der Waals surface area (Å²) in [7, 11) is 0. The number of ether oxygens (including phenoxy) is 1. The molecule has 1 amide bonds. The second kappa shape index (κ2) is 6.23. The van der Waals surface area contributed by atoms with E-state index in [1.54, 1.807) is 6.33 Å². The van der Waals surface area contributed by atoms with Gasteiger partial charge >= 0.3 is 0 Å². The lowest BCUT2D eigenvalue weighted by Crippen LogP contribution is -2.42. The standard InChI is InChI=1S/C19H25N5O2/c25-18(14-2-9-26-10-3-14)24-8-7-23(11-19(12-24)4-5-19)17-15-1-6-20-16(15)21-13-22-17/h1,6,13-14H,2-5,7-12H2,(H,20,21,22). The zero-order valence-corrected chi connectivity index (χ0v) is 15.0. The fourth-order valence-corrected chi connectivity index (χ4v) is 4.43. The first-order valence-electron chi connectivity index (χ1n) is 9.64. The molecule has 1 saturated carbocycles. The van der Waals surface area contributed by atoms with Crippen molar-refractivity contribution in [1.29, 1.82) is 0 Å². The van der Waals surface area contributed by atoms with Crippen molar-refractivity contribution in [2.24, 2.45) is 11.3 Å². The number of rotatable bonds is 2. The highest BCUT2D eigenvalue weighted by Gasteiger charge is 2.48. The van der Waals surface area contributed by atoms with Crippen molar-refractivity contribution in [2.45, 2.75) is 25.7 Å². The number of carbonyl (C=O) groups excluding carboxylic acids is 1. The van der Waals surface area contributed by atoms with Crippen molar-refractivity contribution in [3.8, 4) is 0 Å². The molecule has 4 heterocycles. The van der Waals surface area contributed by atoms with E-state index in [1.807, 2.05) is 12.3 Å². The summed E-state index contributed by atoms with van der Waals surface area (Å²) in [4.78, 5) is 29.6. The SMILES string of the molecule is O=C(C1CCOCC1)N1CCN(c2ncnc3[nH]ccc23)CC2(CC2)C1. The van der Waals surface area contributed by atoms with Gasteiger partial charge in [-0.05, 0) is 31.7 Å². The number of H-pyrrole nitrogens is 1. The fourth-order valence-electron chi connectivity index (χ4n) is 4.43. The maximum absolute atomic E-state index is 13.1. The molecule has 2 saturated heterocycles. The van der Waals surface area contributed by atoms with E-state index in [2.05, 4.69) is 24.8 Å². The Morgan fingerprint density at radius 1 is 1.19 bits per heavy atom. The average Bonchev–Trinajstić information content (AvgIpc) is 3.32. The second-order valence-corrected chi connectivity index (χ2v) is 8.01. The maximum Gasteiger partial charge on any atom is 0.225 e. The van der Waals surface area contributed by atoms with Crippen LogP contribution in [0.1, 0.15) is 25.7 Å². The molecule has 2 aromatic rings. The van der Waals surface area contributed by atoms with E-state index in [0.717, 1.165) is 55.9 Å². The topological polar surface area (TPSA) is 74.3 Å². The molecule has 1 N–H and O–H groups in total. The minimum Gasteiger partial charge on any atom is -0.381 e. The summed E-state index contributed by atoms with van der Waals surface area (Å²) in [5.74, 6) is 1.46. The summed E-state index contributed by atoms with van der Waals surface area (Å²) in [6.07, 6.45) is 7.66. The van der Waals surface area contributed by atoms with E-state index in [1.165, 1.54) is 12.8 Å². The van der Waals surface area contributed by atoms with Crippen LogP contribution in [0.5, 0.6) is 0 Å². The highest BCUT2D eigenvalue weighted by molar-refractivity contribution is 5.87. The van der Waals surface area contributed by atoms with Gasteiger partial charge in [-0.1, -0.05) is 0 Å². The van der Waals surface area contributed by atoms with Gasteiger partial charge in [0, 0.05) is 56.9 Å². The van der Waals surface area contributed by atoms with Gasteiger partial charge in [0.2, 0.25) is 5.91 Å². The van der Waals surface area contributed by atoms with Crippen LogP contribution in [0.2, 0.25) is 0 Å². The van der Waals surface area contributed by atoms with Gasteiger partial charge in [-0.25, -0.2) is 9.97 Å². The number of carbonyl (C=O) groups is 1. The van der Waals surface area contributed by atoms with Crippen LogP contribution in [0.25, 0.3) is 11.0 Å². The molecule has 1 aliphatic carbocycles. The van der Waals surface area contributed by atoms with E-state index in [9.17, 15) is 4.79 Å². The lowest BCUT2D eigenvalue weighted by molar-refractivity contribution is -0.139. The van der Waals surface area contributed by atoms with Gasteiger partial charge in [0.05, 0.1) is 5.39 Å². The predicted molar refractivity (Wildman–Crippen MR) is 97.9 cm³/mol. The number of nitrogens with zero attached hydrogens (tertiary/aromatic N) is 4. The van der Waals surface area contributed by atoms with Crippen LogP contribution in [0, 0.1) is 11.3 Å². The Kier molecular flexibility index (Phi) is 3.85. The van der Waals surface area contributed by atoms with Crippen molar-refractivity contribution in [1.82, 2.24) is 19.9 Å². The second-order valence-electron chi connectivity index (χ2n) is 8.01. The zero-order chi connectivity index (χ0) is 17.6. The lowest BCUT2D eigenvalue weighted by atomic mass is 9.97. The minimum atomic E-state index is 0.140. The van der Waals surface area contributed by atoms with Crippen molar-refractivity contribution in [2.75, 3.05) is 44.3 Å². The third kappa shape index (κ3) is 2.84. The van der Waals surface area contributed by atoms with Crippen LogP contribution in [0.15, 0.2) is 18.6 Å². The Balaban J connectivity index is 1.38. The van der Waals surface area contributed by atoms with E-state index in [-0.39, 0.29) is 11.3 Å². The molecule has 0 atom stereocenters. The van der Waals surface area contributed by atoms with Crippen LogP contribution in [-0.4, -0.2) is 65.2 Å². The average molecular weight is 355 g/mol. The van der Waals surface area contributed by atoms with Crippen LogP contribution in [-0.2, 0) is 9.53 Å². The molecule has 7 nitrogen and oxygen atoms in total. The molecule has 7 heteroatoms. The van der Waals surface area contributed by atoms with E-state index < -0.39 is 0 Å². The quantitative estimate of drug-likeness (QED) is 0.889. The molecule has 0 aromatic carbocycles. The Labute approximate surface area is 152 Å². The van der Waals surface area contributed by atoms with Gasteiger partial charge in [-0.15, -0.1) is 0 Å². The largest absolute Gasteiger partial charge is 0.381 e. The Morgan fingerprint density at radius 3 is 2.85 bits per heavy atom. The summed E-state index contributed by atoms with van der Waals surface area (Å²) in [6, 6.07) is 2.04. The molecule has 0 unspecified atom stereocenters. The molecule has 0 radical (unpaired) electrons. The van der Waals surface area contributed by atoms with Crippen LogP contribution in [0.4, 0.5) is 5.82 Å². The summed E-state index contributed by atoms with van der Waals surface area (Å²) in [6.45, 7) is 4.90. The number of amides is 1. The van der Waals surface area contributed by atoms with Crippen LogP contribution in [0.3, 0.4) is 0 Å². The molecule has 138 valence electrons. The summed E-state index contributed by atoms with van der Waals surface area (Å²) < 4.78 is 5.43. The number of fused-ring (bicyclic) bond motifs is 1. The Hall–Kier alpha value is -2.15. The molecule has 5 rings (SSSR count). The minimum absolute atomic E-state index is 0.140. The van der Waals surface area contributed by atoms with Gasteiger partial charge < -0.3 is 19.5 Å². The van der Waals surface area contributed by atoms with E-state index >= 15 is 0 Å². The lowest BCUT2D eigenvalue weighted by Gasteiger charge is -2.29. The van der Waals surface area contributed by atoms with Crippen molar-refractivity contribution in [3.05, 3.63) is 18.6 Å². The third-order valence-electron chi connectivity index (χ3n) is 6.16. The monoisotopic (exact) mass is 355 g/mol. The number of anilines is 1. The first-order chi connectivity index (χ1) is 12.7. The summed E-state index contributed by atoms with van der Waals surface area (Å²) >= 11 is 0. The smallest absolute Gasteiger partial charge is 0.225 e. The van der Waals surface area contributed by atoms with E-state index in [0.29, 0.717) is 19.1 Å². The first kappa shape index (κ1) is 16.1. The first-order valence-corrected chi connectivity index (χ1v) is 9.64. The molecular weight excluding hydrogens is 330 g/mol. The Bertz CT molecular complexity index is 809. The number of aromatic amines is 1. The Morgan fingerprint density at radius 2 is 2.04 bits per heavy atom. The molecule has 2 aromatic heterocycles. The van der Waals surface area contributed by atoms with Gasteiger partial charge in [-0.2, -0.15) is 0 Å². The van der Waals surface area contributed by atoms with Crippen LogP contribution < -0.4 is 4.90 Å².